The van der Waals surface area contributed by atoms with E-state index in [0.29, 0.717) is 11.3 Å². The van der Waals surface area contributed by atoms with Crippen LogP contribution in [0, 0.1) is 5.82 Å². The summed E-state index contributed by atoms with van der Waals surface area (Å²) in [5.41, 5.74) is 0.419. The van der Waals surface area contributed by atoms with E-state index in [0.717, 1.165) is 0 Å². The molecule has 1 aromatic carbocycles. The molecule has 1 atom stereocenters. The van der Waals surface area contributed by atoms with Crippen LogP contribution in [0.2, 0.25) is 0 Å². The number of methoxy groups -OCH3 is 1. The third kappa shape index (κ3) is 2.68. The fourth-order valence-electron chi connectivity index (χ4n) is 1.10. The summed E-state index contributed by atoms with van der Waals surface area (Å²) in [5.74, 6) is 0.0360. The minimum atomic E-state index is -0.766. The molecule has 0 radical (unpaired) electrons. The van der Waals surface area contributed by atoms with Gasteiger partial charge in [-0.3, -0.25) is 0 Å². The van der Waals surface area contributed by atoms with E-state index in [1.165, 1.54) is 25.3 Å². The Balaban J connectivity index is 2.90. The number of hydrogen-bond acceptors (Lipinski definition) is 3. The molecule has 0 aliphatic rings. The lowest BCUT2D eigenvalue weighted by Gasteiger charge is -2.12. The number of halogens is 1. The van der Waals surface area contributed by atoms with E-state index in [-0.39, 0.29) is 6.79 Å². The van der Waals surface area contributed by atoms with Gasteiger partial charge in [0.05, 0.1) is 6.10 Å². The third-order valence-electron chi connectivity index (χ3n) is 1.75. The Labute approximate surface area is 82.1 Å². The largest absolute Gasteiger partial charge is 0.467 e. The molecule has 0 aliphatic heterocycles. The molecule has 1 N–H and O–H groups in total. The van der Waals surface area contributed by atoms with E-state index in [4.69, 9.17) is 9.47 Å². The molecule has 1 unspecified atom stereocenters. The second-order valence-corrected chi connectivity index (χ2v) is 2.91. The van der Waals surface area contributed by atoms with Crippen LogP contribution in [0.25, 0.3) is 0 Å². The van der Waals surface area contributed by atoms with Crippen LogP contribution in [0.1, 0.15) is 18.6 Å². The average molecular weight is 200 g/mol. The van der Waals surface area contributed by atoms with Gasteiger partial charge in [-0.1, -0.05) is 0 Å². The van der Waals surface area contributed by atoms with Gasteiger partial charge in [0, 0.05) is 12.7 Å². The molecule has 78 valence electrons. The first-order valence-electron chi connectivity index (χ1n) is 4.24. The van der Waals surface area contributed by atoms with Crippen molar-refractivity contribution in [2.75, 3.05) is 13.9 Å². The molecule has 0 saturated carbocycles. The van der Waals surface area contributed by atoms with Crippen LogP contribution < -0.4 is 4.74 Å². The zero-order chi connectivity index (χ0) is 10.6. The summed E-state index contributed by atoms with van der Waals surface area (Å²) in [5, 5.41) is 9.34. The fraction of sp³-hybridized carbons (Fsp3) is 0.400. The highest BCUT2D eigenvalue weighted by Crippen LogP contribution is 2.25. The Bertz CT molecular complexity index is 299. The van der Waals surface area contributed by atoms with Crippen LogP contribution >= 0.6 is 0 Å². The van der Waals surface area contributed by atoms with E-state index in [2.05, 4.69) is 0 Å². The highest BCUT2D eigenvalue weighted by molar-refractivity contribution is 5.35. The van der Waals surface area contributed by atoms with Gasteiger partial charge in [-0.05, 0) is 25.1 Å². The fourth-order valence-corrected chi connectivity index (χ4v) is 1.10. The minimum Gasteiger partial charge on any atom is -0.467 e. The molecule has 1 rings (SSSR count). The Morgan fingerprint density at radius 3 is 2.79 bits per heavy atom. The third-order valence-corrected chi connectivity index (χ3v) is 1.75. The zero-order valence-corrected chi connectivity index (χ0v) is 8.16. The first-order chi connectivity index (χ1) is 6.65. The molecule has 0 saturated heterocycles. The number of ether oxygens (including phenoxy) is 2. The van der Waals surface area contributed by atoms with Crippen LogP contribution in [0.4, 0.5) is 4.39 Å². The predicted molar refractivity (Wildman–Crippen MR) is 49.5 cm³/mol. The lowest BCUT2D eigenvalue weighted by atomic mass is 10.1. The van der Waals surface area contributed by atoms with Gasteiger partial charge in [-0.2, -0.15) is 0 Å². The van der Waals surface area contributed by atoms with Crippen molar-refractivity contribution in [1.29, 1.82) is 0 Å². The Hall–Kier alpha value is -1.13. The van der Waals surface area contributed by atoms with Crippen molar-refractivity contribution in [1.82, 2.24) is 0 Å². The normalized spacial score (nSPS) is 12.6. The highest BCUT2D eigenvalue weighted by Gasteiger charge is 2.10. The van der Waals surface area contributed by atoms with Crippen LogP contribution in [0.5, 0.6) is 5.75 Å². The first-order valence-corrected chi connectivity index (χ1v) is 4.24. The summed E-state index contributed by atoms with van der Waals surface area (Å²) < 4.78 is 22.7. The topological polar surface area (TPSA) is 38.7 Å². The molecule has 0 bridgehead atoms. The van der Waals surface area contributed by atoms with Crippen LogP contribution in [0.15, 0.2) is 18.2 Å². The van der Waals surface area contributed by atoms with Crippen molar-refractivity contribution in [2.45, 2.75) is 13.0 Å². The molecule has 4 heteroatoms. The zero-order valence-electron chi connectivity index (χ0n) is 8.16. The number of hydrogen-bond donors (Lipinski definition) is 1. The summed E-state index contributed by atoms with van der Waals surface area (Å²) >= 11 is 0. The van der Waals surface area contributed by atoms with Crippen molar-refractivity contribution in [3.63, 3.8) is 0 Å². The Kier molecular flexibility index (Phi) is 3.85. The maximum Gasteiger partial charge on any atom is 0.188 e. The maximum absolute atomic E-state index is 12.8. The SMILES string of the molecule is COCOc1ccc(F)cc1C(C)O. The van der Waals surface area contributed by atoms with Crippen molar-refractivity contribution >= 4 is 0 Å². The van der Waals surface area contributed by atoms with E-state index in [1.807, 2.05) is 0 Å². The standard InChI is InChI=1S/C10H13FO3/c1-7(12)9-5-8(11)3-4-10(9)14-6-13-2/h3-5,7,12H,6H2,1-2H3. The Morgan fingerprint density at radius 1 is 1.50 bits per heavy atom. The molecule has 1 aromatic rings. The predicted octanol–water partition coefficient (Wildman–Crippen LogP) is 1.86. The number of rotatable bonds is 4. The van der Waals surface area contributed by atoms with Crippen molar-refractivity contribution in [3.05, 3.63) is 29.6 Å². The molecule has 0 fully saturated rings. The van der Waals surface area contributed by atoms with Crippen LogP contribution in [0.3, 0.4) is 0 Å². The molecule has 0 spiro atoms. The second kappa shape index (κ2) is 4.93. The molecule has 3 nitrogen and oxygen atoms in total. The second-order valence-electron chi connectivity index (χ2n) is 2.91. The highest BCUT2D eigenvalue weighted by atomic mass is 19.1. The molecule has 0 aromatic heterocycles. The van der Waals surface area contributed by atoms with Gasteiger partial charge in [0.2, 0.25) is 0 Å². The molecular weight excluding hydrogens is 187 g/mol. The summed E-state index contributed by atoms with van der Waals surface area (Å²) in [6.45, 7) is 1.62. The summed E-state index contributed by atoms with van der Waals surface area (Å²) in [6.07, 6.45) is -0.766. The summed E-state index contributed by atoms with van der Waals surface area (Å²) in [7, 11) is 1.49. The number of aliphatic hydroxyl groups is 1. The van der Waals surface area contributed by atoms with Crippen molar-refractivity contribution < 1.29 is 19.0 Å². The molecular formula is C10H13FO3. The lowest BCUT2D eigenvalue weighted by Crippen LogP contribution is -2.03. The van der Waals surface area contributed by atoms with Crippen molar-refractivity contribution in [3.8, 4) is 5.75 Å². The van der Waals surface area contributed by atoms with Crippen molar-refractivity contribution in [2.24, 2.45) is 0 Å². The van der Waals surface area contributed by atoms with Gasteiger partial charge in [0.25, 0.3) is 0 Å². The molecule has 0 aliphatic carbocycles. The molecule has 0 amide bonds. The quantitative estimate of drug-likeness (QED) is 0.754. The summed E-state index contributed by atoms with van der Waals surface area (Å²) in [4.78, 5) is 0. The minimum absolute atomic E-state index is 0.0748. The van der Waals surface area contributed by atoms with E-state index < -0.39 is 11.9 Å². The monoisotopic (exact) mass is 200 g/mol. The first kappa shape index (κ1) is 10.9. The number of aliphatic hydroxyl groups excluding tert-OH is 1. The summed E-state index contributed by atoms with van der Waals surface area (Å²) in [6, 6.07) is 3.99. The molecule has 14 heavy (non-hydrogen) atoms. The maximum atomic E-state index is 12.8. The van der Waals surface area contributed by atoms with Crippen LogP contribution in [-0.2, 0) is 4.74 Å². The van der Waals surface area contributed by atoms with Gasteiger partial charge >= 0.3 is 0 Å². The average Bonchev–Trinajstić information content (AvgIpc) is 2.15. The van der Waals surface area contributed by atoms with Crippen LogP contribution in [-0.4, -0.2) is 19.0 Å². The Morgan fingerprint density at radius 2 is 2.21 bits per heavy atom. The number of benzene rings is 1. The van der Waals surface area contributed by atoms with E-state index >= 15 is 0 Å². The van der Waals surface area contributed by atoms with Gasteiger partial charge in [0.1, 0.15) is 11.6 Å². The van der Waals surface area contributed by atoms with Gasteiger partial charge in [-0.25, -0.2) is 4.39 Å². The smallest absolute Gasteiger partial charge is 0.188 e. The van der Waals surface area contributed by atoms with Gasteiger partial charge in [-0.15, -0.1) is 0 Å². The van der Waals surface area contributed by atoms with Gasteiger partial charge in [0.15, 0.2) is 6.79 Å². The molecule has 0 heterocycles. The van der Waals surface area contributed by atoms with E-state index in [1.54, 1.807) is 6.92 Å². The lowest BCUT2D eigenvalue weighted by molar-refractivity contribution is 0.0483. The van der Waals surface area contributed by atoms with Gasteiger partial charge < -0.3 is 14.6 Å². The van der Waals surface area contributed by atoms with E-state index in [9.17, 15) is 9.50 Å².